The first-order valence-electron chi connectivity index (χ1n) is 11.0. The van der Waals surface area contributed by atoms with Crippen molar-refractivity contribution in [3.05, 3.63) is 47.5 Å². The standard InChI is InChI=1S/C24H35N7/c1-17-19(14-29(7)27-17)15-30-12-13-31-21(16-30)25-22(23(31)26-24(2,3)4)18-8-10-20(11-9-18)28(5)6/h8-11,14,26H,12-13,15-16H2,1-7H3. The second-order valence-corrected chi connectivity index (χ2v) is 9.82. The van der Waals surface area contributed by atoms with Crippen molar-refractivity contribution in [3.8, 4) is 11.3 Å². The van der Waals surface area contributed by atoms with Crippen molar-refractivity contribution in [3.63, 3.8) is 0 Å². The second kappa shape index (κ2) is 8.04. The Balaban J connectivity index is 1.66. The van der Waals surface area contributed by atoms with Crippen LogP contribution in [0.5, 0.6) is 0 Å². The molecule has 166 valence electrons. The molecule has 31 heavy (non-hydrogen) atoms. The molecule has 1 aliphatic rings. The number of nitrogens with one attached hydrogen (secondary N) is 1. The first-order chi connectivity index (χ1) is 14.6. The van der Waals surface area contributed by atoms with Crippen molar-refractivity contribution in [2.45, 2.75) is 52.9 Å². The van der Waals surface area contributed by atoms with E-state index in [9.17, 15) is 0 Å². The average molecular weight is 422 g/mol. The van der Waals surface area contributed by atoms with Crippen molar-refractivity contribution >= 4 is 11.5 Å². The van der Waals surface area contributed by atoms with Crippen molar-refractivity contribution < 1.29 is 0 Å². The lowest BCUT2D eigenvalue weighted by molar-refractivity contribution is 0.209. The van der Waals surface area contributed by atoms with Crippen LogP contribution in [-0.4, -0.2) is 50.4 Å². The second-order valence-electron chi connectivity index (χ2n) is 9.82. The predicted octanol–water partition coefficient (Wildman–Crippen LogP) is 3.88. The third-order valence-corrected chi connectivity index (χ3v) is 5.71. The summed E-state index contributed by atoms with van der Waals surface area (Å²) in [5, 5.41) is 8.22. The molecule has 1 aromatic carbocycles. The fourth-order valence-electron chi connectivity index (χ4n) is 4.16. The Morgan fingerprint density at radius 2 is 1.81 bits per heavy atom. The number of benzene rings is 1. The van der Waals surface area contributed by atoms with Crippen LogP contribution in [0.2, 0.25) is 0 Å². The molecule has 0 radical (unpaired) electrons. The summed E-state index contributed by atoms with van der Waals surface area (Å²) < 4.78 is 4.27. The third kappa shape index (κ3) is 4.61. The number of fused-ring (bicyclic) bond motifs is 1. The lowest BCUT2D eigenvalue weighted by Gasteiger charge is -2.30. The molecule has 3 heterocycles. The van der Waals surface area contributed by atoms with E-state index in [1.54, 1.807) is 0 Å². The van der Waals surface area contributed by atoms with E-state index < -0.39 is 0 Å². The zero-order valence-corrected chi connectivity index (χ0v) is 19.9. The van der Waals surface area contributed by atoms with Gasteiger partial charge in [0.05, 0.1) is 12.2 Å². The molecule has 3 aromatic rings. The molecule has 4 rings (SSSR count). The van der Waals surface area contributed by atoms with Gasteiger partial charge in [0.1, 0.15) is 17.3 Å². The lowest BCUT2D eigenvalue weighted by Crippen LogP contribution is -2.35. The Bertz CT molecular complexity index is 1050. The van der Waals surface area contributed by atoms with Crippen LogP contribution >= 0.6 is 0 Å². The Morgan fingerprint density at radius 3 is 2.39 bits per heavy atom. The Hall–Kier alpha value is -2.80. The molecular weight excluding hydrogens is 386 g/mol. The van der Waals surface area contributed by atoms with Crippen molar-refractivity contribution in [1.29, 1.82) is 0 Å². The molecule has 0 atom stereocenters. The molecule has 1 N–H and O–H groups in total. The minimum absolute atomic E-state index is 0.0426. The molecule has 7 heteroatoms. The molecule has 0 spiro atoms. The molecule has 0 aliphatic carbocycles. The molecule has 0 saturated heterocycles. The van der Waals surface area contributed by atoms with Gasteiger partial charge in [0.15, 0.2) is 0 Å². The van der Waals surface area contributed by atoms with Crippen molar-refractivity contribution in [2.24, 2.45) is 7.05 Å². The van der Waals surface area contributed by atoms with E-state index >= 15 is 0 Å². The van der Waals surface area contributed by atoms with Gasteiger partial charge in [-0.1, -0.05) is 12.1 Å². The van der Waals surface area contributed by atoms with Gasteiger partial charge in [-0.15, -0.1) is 0 Å². The zero-order valence-electron chi connectivity index (χ0n) is 19.9. The largest absolute Gasteiger partial charge is 0.378 e. The van der Waals surface area contributed by atoms with Gasteiger partial charge in [0.25, 0.3) is 0 Å². The van der Waals surface area contributed by atoms with Gasteiger partial charge in [-0.2, -0.15) is 5.10 Å². The fraction of sp³-hybridized carbons (Fsp3) is 0.500. The summed E-state index contributed by atoms with van der Waals surface area (Å²) >= 11 is 0. The average Bonchev–Trinajstić information content (AvgIpc) is 3.19. The van der Waals surface area contributed by atoms with E-state index in [4.69, 9.17) is 4.98 Å². The van der Waals surface area contributed by atoms with Crippen LogP contribution in [0.15, 0.2) is 30.5 Å². The summed E-state index contributed by atoms with van der Waals surface area (Å²) in [6.07, 6.45) is 2.13. The van der Waals surface area contributed by atoms with Gasteiger partial charge < -0.3 is 14.8 Å². The minimum Gasteiger partial charge on any atom is -0.378 e. The van der Waals surface area contributed by atoms with Crippen LogP contribution in [0.4, 0.5) is 11.5 Å². The maximum absolute atomic E-state index is 5.12. The summed E-state index contributed by atoms with van der Waals surface area (Å²) in [6, 6.07) is 8.67. The van der Waals surface area contributed by atoms with Crippen LogP contribution < -0.4 is 10.2 Å². The summed E-state index contributed by atoms with van der Waals surface area (Å²) in [7, 11) is 6.11. The maximum Gasteiger partial charge on any atom is 0.134 e. The van der Waals surface area contributed by atoms with E-state index in [0.717, 1.165) is 54.8 Å². The number of anilines is 2. The number of hydrogen-bond donors (Lipinski definition) is 1. The van der Waals surface area contributed by atoms with E-state index in [2.05, 4.69) is 97.0 Å². The molecule has 0 saturated carbocycles. The Morgan fingerprint density at radius 1 is 1.10 bits per heavy atom. The quantitative estimate of drug-likeness (QED) is 0.677. The van der Waals surface area contributed by atoms with Gasteiger partial charge in [0, 0.05) is 69.3 Å². The monoisotopic (exact) mass is 421 g/mol. The number of rotatable bonds is 5. The van der Waals surface area contributed by atoms with Gasteiger partial charge in [-0.3, -0.25) is 9.58 Å². The van der Waals surface area contributed by atoms with Crippen molar-refractivity contribution in [2.75, 3.05) is 30.9 Å². The van der Waals surface area contributed by atoms with E-state index in [-0.39, 0.29) is 5.54 Å². The smallest absolute Gasteiger partial charge is 0.134 e. The zero-order chi connectivity index (χ0) is 22.3. The molecule has 0 unspecified atom stereocenters. The molecule has 2 aromatic heterocycles. The Kier molecular flexibility index (Phi) is 5.56. The molecule has 0 bridgehead atoms. The van der Waals surface area contributed by atoms with Crippen LogP contribution in [0.3, 0.4) is 0 Å². The molecule has 0 fully saturated rings. The third-order valence-electron chi connectivity index (χ3n) is 5.71. The van der Waals surface area contributed by atoms with Crippen LogP contribution in [-0.2, 0) is 26.7 Å². The van der Waals surface area contributed by atoms with Gasteiger partial charge >= 0.3 is 0 Å². The van der Waals surface area contributed by atoms with E-state index in [1.165, 1.54) is 11.3 Å². The molecule has 1 aliphatic heterocycles. The maximum atomic E-state index is 5.12. The number of aryl methyl sites for hydroxylation is 2. The number of imidazole rings is 1. The summed E-state index contributed by atoms with van der Waals surface area (Å²) in [6.45, 7) is 12.3. The molecular formula is C24H35N7. The number of nitrogens with zero attached hydrogens (tertiary/aromatic N) is 6. The fourth-order valence-corrected chi connectivity index (χ4v) is 4.16. The molecule has 0 amide bonds. The predicted molar refractivity (Wildman–Crippen MR) is 127 cm³/mol. The summed E-state index contributed by atoms with van der Waals surface area (Å²) in [5.74, 6) is 2.24. The van der Waals surface area contributed by atoms with Gasteiger partial charge in [-0.05, 0) is 39.8 Å². The normalized spacial score (nSPS) is 14.5. The molecule has 7 nitrogen and oxygen atoms in total. The summed E-state index contributed by atoms with van der Waals surface area (Å²) in [4.78, 5) is 9.71. The highest BCUT2D eigenvalue weighted by atomic mass is 15.3. The van der Waals surface area contributed by atoms with Gasteiger partial charge in [0.2, 0.25) is 0 Å². The van der Waals surface area contributed by atoms with Gasteiger partial charge in [-0.25, -0.2) is 4.98 Å². The van der Waals surface area contributed by atoms with Crippen LogP contribution in [0, 0.1) is 6.92 Å². The topological polar surface area (TPSA) is 54.2 Å². The highest BCUT2D eigenvalue weighted by Gasteiger charge is 2.27. The summed E-state index contributed by atoms with van der Waals surface area (Å²) in [5.41, 5.74) is 5.72. The Labute approximate surface area is 185 Å². The van der Waals surface area contributed by atoms with Crippen LogP contribution in [0.25, 0.3) is 11.3 Å². The van der Waals surface area contributed by atoms with E-state index in [0.29, 0.717) is 0 Å². The van der Waals surface area contributed by atoms with Crippen molar-refractivity contribution in [1.82, 2.24) is 24.2 Å². The number of aromatic nitrogens is 4. The highest BCUT2D eigenvalue weighted by Crippen LogP contribution is 2.34. The number of hydrogen-bond acceptors (Lipinski definition) is 5. The SMILES string of the molecule is Cc1nn(C)cc1CN1CCn2c(nc(-c3ccc(N(C)C)cc3)c2NC(C)(C)C)C1. The first kappa shape index (κ1) is 21.4. The van der Waals surface area contributed by atoms with Crippen LogP contribution in [0.1, 0.15) is 37.9 Å². The lowest BCUT2D eigenvalue weighted by atomic mass is 10.1. The minimum atomic E-state index is -0.0426. The first-order valence-corrected chi connectivity index (χ1v) is 11.0. The van der Waals surface area contributed by atoms with E-state index in [1.807, 2.05) is 11.7 Å². The highest BCUT2D eigenvalue weighted by molar-refractivity contribution is 5.74.